The number of fused-ring (bicyclic) bond motifs is 4. The van der Waals surface area contributed by atoms with Crippen molar-refractivity contribution in [2.45, 2.75) is 24.9 Å². The number of pyridine rings is 1. The standard InChI is InChI=1S/C27H27ClFN5O3/c28-21-6-2-4-16-3-1-5-19(22(16)21)24-23(29)25-20(9-30-24)26(34-10-17-7-8-18(11-34)31-17)33-27(32-25)37-14-15(12-35)13-36/h1-6,9,15,17-18,31,35-36H,7-8,10-14H2/t17-,18+. The minimum absolute atomic E-state index is 0.00322. The fourth-order valence-corrected chi connectivity index (χ4v) is 5.62. The van der Waals surface area contributed by atoms with Crippen LogP contribution in [-0.2, 0) is 0 Å². The predicted octanol–water partition coefficient (Wildman–Crippen LogP) is 3.56. The molecule has 2 fully saturated rings. The lowest BCUT2D eigenvalue weighted by Crippen LogP contribution is -2.51. The minimum atomic E-state index is -0.586. The van der Waals surface area contributed by atoms with Gasteiger partial charge in [-0.2, -0.15) is 9.97 Å². The Morgan fingerprint density at radius 3 is 2.54 bits per heavy atom. The van der Waals surface area contributed by atoms with E-state index >= 15 is 4.39 Å². The molecule has 0 aliphatic carbocycles. The molecule has 2 atom stereocenters. The molecule has 4 heterocycles. The molecule has 0 radical (unpaired) electrons. The number of anilines is 1. The SMILES string of the molecule is OCC(CO)COc1nc(N2C[C@H]3CC[C@@H](C2)N3)c2cnc(-c3cccc4cccc(Cl)c34)c(F)c2n1. The number of aliphatic hydroxyl groups excluding tert-OH is 2. The van der Waals surface area contributed by atoms with E-state index in [-0.39, 0.29) is 37.0 Å². The molecule has 8 nitrogen and oxygen atoms in total. The quantitative estimate of drug-likeness (QED) is 0.338. The predicted molar refractivity (Wildman–Crippen MR) is 141 cm³/mol. The molecule has 192 valence electrons. The first-order valence-corrected chi connectivity index (χ1v) is 12.8. The summed E-state index contributed by atoms with van der Waals surface area (Å²) in [6.07, 6.45) is 3.79. The number of nitrogens with zero attached hydrogens (tertiary/aromatic N) is 4. The fraction of sp³-hybridized carbons (Fsp3) is 0.370. The van der Waals surface area contributed by atoms with Gasteiger partial charge in [-0.1, -0.05) is 41.9 Å². The maximum absolute atomic E-state index is 16.3. The highest BCUT2D eigenvalue weighted by atomic mass is 35.5. The van der Waals surface area contributed by atoms with Crippen molar-refractivity contribution in [1.82, 2.24) is 20.3 Å². The number of rotatable bonds is 7. The number of nitrogens with one attached hydrogen (secondary N) is 1. The molecule has 2 aromatic heterocycles. The zero-order chi connectivity index (χ0) is 25.5. The summed E-state index contributed by atoms with van der Waals surface area (Å²) in [6.45, 7) is 0.981. The van der Waals surface area contributed by atoms with Gasteiger partial charge in [-0.25, -0.2) is 4.39 Å². The van der Waals surface area contributed by atoms with Crippen LogP contribution in [0.1, 0.15) is 12.8 Å². The van der Waals surface area contributed by atoms with Gasteiger partial charge in [0.1, 0.15) is 17.0 Å². The highest BCUT2D eigenvalue weighted by Crippen LogP contribution is 2.38. The molecule has 2 aliphatic heterocycles. The first-order valence-electron chi connectivity index (χ1n) is 12.4. The number of hydrogen-bond donors (Lipinski definition) is 3. The van der Waals surface area contributed by atoms with Gasteiger partial charge in [0.25, 0.3) is 0 Å². The van der Waals surface area contributed by atoms with E-state index in [1.807, 2.05) is 24.3 Å². The number of ether oxygens (including phenoxy) is 1. The van der Waals surface area contributed by atoms with Crippen LogP contribution in [-0.4, -0.2) is 70.2 Å². The molecular formula is C27H27ClFN5O3. The molecule has 2 aromatic carbocycles. The lowest BCUT2D eigenvalue weighted by molar-refractivity contribution is 0.102. The zero-order valence-electron chi connectivity index (χ0n) is 20.1. The van der Waals surface area contributed by atoms with Gasteiger partial charge in [-0.05, 0) is 24.3 Å². The summed E-state index contributed by atoms with van der Waals surface area (Å²) in [5, 5.41) is 25.1. The van der Waals surface area contributed by atoms with Gasteiger partial charge < -0.3 is 25.2 Å². The molecule has 3 N–H and O–H groups in total. The maximum atomic E-state index is 16.3. The average Bonchev–Trinajstić information content (AvgIpc) is 3.26. The average molecular weight is 524 g/mol. The largest absolute Gasteiger partial charge is 0.463 e. The van der Waals surface area contributed by atoms with E-state index in [1.54, 1.807) is 18.3 Å². The van der Waals surface area contributed by atoms with E-state index in [4.69, 9.17) is 16.3 Å². The second kappa shape index (κ2) is 9.98. The Morgan fingerprint density at radius 2 is 1.81 bits per heavy atom. The number of hydrogen-bond acceptors (Lipinski definition) is 8. The molecule has 6 rings (SSSR count). The van der Waals surface area contributed by atoms with Crippen molar-refractivity contribution in [2.24, 2.45) is 5.92 Å². The third kappa shape index (κ3) is 4.46. The molecule has 2 saturated heterocycles. The maximum Gasteiger partial charge on any atom is 0.319 e. The summed E-state index contributed by atoms with van der Waals surface area (Å²) in [5.41, 5.74) is 0.821. The molecule has 0 unspecified atom stereocenters. The molecule has 2 aliphatic rings. The molecule has 37 heavy (non-hydrogen) atoms. The zero-order valence-corrected chi connectivity index (χ0v) is 20.8. The van der Waals surface area contributed by atoms with E-state index in [0.29, 0.717) is 33.9 Å². The minimum Gasteiger partial charge on any atom is -0.463 e. The Balaban J connectivity index is 1.50. The molecule has 0 saturated carbocycles. The van der Waals surface area contributed by atoms with Gasteiger partial charge in [0, 0.05) is 53.3 Å². The van der Waals surface area contributed by atoms with Crippen molar-refractivity contribution in [2.75, 3.05) is 37.8 Å². The summed E-state index contributed by atoms with van der Waals surface area (Å²) in [7, 11) is 0. The summed E-state index contributed by atoms with van der Waals surface area (Å²) in [6, 6.07) is 11.8. The number of piperazine rings is 1. The van der Waals surface area contributed by atoms with Gasteiger partial charge in [0.15, 0.2) is 5.82 Å². The van der Waals surface area contributed by atoms with Crippen LogP contribution in [0.2, 0.25) is 5.02 Å². The van der Waals surface area contributed by atoms with Crippen LogP contribution in [0.15, 0.2) is 42.6 Å². The van der Waals surface area contributed by atoms with Crippen molar-refractivity contribution in [3.63, 3.8) is 0 Å². The summed E-state index contributed by atoms with van der Waals surface area (Å²) < 4.78 is 22.0. The Hall–Kier alpha value is -3.11. The van der Waals surface area contributed by atoms with Crippen LogP contribution in [0.5, 0.6) is 6.01 Å². The Morgan fingerprint density at radius 1 is 1.08 bits per heavy atom. The van der Waals surface area contributed by atoms with Crippen LogP contribution in [0.25, 0.3) is 32.9 Å². The van der Waals surface area contributed by atoms with E-state index in [2.05, 4.69) is 25.2 Å². The van der Waals surface area contributed by atoms with Gasteiger partial charge in [-0.3, -0.25) is 4.98 Å². The van der Waals surface area contributed by atoms with E-state index < -0.39 is 11.7 Å². The molecular weight excluding hydrogens is 497 g/mol. The fourth-order valence-electron chi connectivity index (χ4n) is 5.33. The van der Waals surface area contributed by atoms with Crippen molar-refractivity contribution >= 4 is 39.1 Å². The second-order valence-corrected chi connectivity index (χ2v) is 10.1. The first kappa shape index (κ1) is 24.2. The summed E-state index contributed by atoms with van der Waals surface area (Å²) >= 11 is 6.52. The normalized spacial score (nSPS) is 19.3. The van der Waals surface area contributed by atoms with E-state index in [1.165, 1.54) is 0 Å². The van der Waals surface area contributed by atoms with Gasteiger partial charge in [0.05, 0.1) is 25.2 Å². The van der Waals surface area contributed by atoms with Gasteiger partial charge in [-0.15, -0.1) is 0 Å². The summed E-state index contributed by atoms with van der Waals surface area (Å²) in [4.78, 5) is 15.8. The Labute approximate surface area is 218 Å². The van der Waals surface area contributed by atoms with Crippen LogP contribution in [0.3, 0.4) is 0 Å². The van der Waals surface area contributed by atoms with Crippen molar-refractivity contribution < 1.29 is 19.3 Å². The van der Waals surface area contributed by atoms with Crippen LogP contribution < -0.4 is 15.0 Å². The number of aliphatic hydroxyl groups is 2. The molecule has 0 spiro atoms. The van der Waals surface area contributed by atoms with Crippen molar-refractivity contribution in [1.29, 1.82) is 0 Å². The Kier molecular flexibility index (Phi) is 6.54. The smallest absolute Gasteiger partial charge is 0.319 e. The van der Waals surface area contributed by atoms with Crippen molar-refractivity contribution in [3.8, 4) is 17.3 Å². The van der Waals surface area contributed by atoms with Gasteiger partial charge >= 0.3 is 6.01 Å². The first-order chi connectivity index (χ1) is 18.1. The van der Waals surface area contributed by atoms with E-state index in [0.717, 1.165) is 36.7 Å². The highest BCUT2D eigenvalue weighted by Gasteiger charge is 2.34. The second-order valence-electron chi connectivity index (χ2n) is 9.74. The lowest BCUT2D eigenvalue weighted by atomic mass is 10.0. The number of halogens is 2. The topological polar surface area (TPSA) is 104 Å². The number of benzene rings is 2. The van der Waals surface area contributed by atoms with Crippen LogP contribution in [0.4, 0.5) is 10.2 Å². The third-order valence-electron chi connectivity index (χ3n) is 7.23. The van der Waals surface area contributed by atoms with Crippen LogP contribution in [0, 0.1) is 11.7 Å². The lowest BCUT2D eigenvalue weighted by Gasteiger charge is -2.34. The van der Waals surface area contributed by atoms with Crippen molar-refractivity contribution in [3.05, 3.63) is 53.4 Å². The van der Waals surface area contributed by atoms with E-state index in [9.17, 15) is 10.2 Å². The third-order valence-corrected chi connectivity index (χ3v) is 7.55. The van der Waals surface area contributed by atoms with Gasteiger partial charge in [0.2, 0.25) is 0 Å². The summed E-state index contributed by atoms with van der Waals surface area (Å²) in [5.74, 6) is -0.511. The molecule has 2 bridgehead atoms. The van der Waals surface area contributed by atoms with Crippen LogP contribution >= 0.6 is 11.6 Å². The molecule has 4 aromatic rings. The monoisotopic (exact) mass is 523 g/mol. The number of aromatic nitrogens is 3. The Bertz CT molecular complexity index is 1450. The molecule has 0 amide bonds. The molecule has 10 heteroatoms. The highest BCUT2D eigenvalue weighted by molar-refractivity contribution is 6.36.